The van der Waals surface area contributed by atoms with Gasteiger partial charge in [0.15, 0.2) is 5.60 Å². The largest absolute Gasteiger partial charge is 0.394 e. The van der Waals surface area contributed by atoms with Gasteiger partial charge in [0.1, 0.15) is 5.70 Å². The zero-order valence-corrected chi connectivity index (χ0v) is 11.9. The summed E-state index contributed by atoms with van der Waals surface area (Å²) in [5.41, 5.74) is 8.79. The molecule has 2 atom stereocenters. The van der Waals surface area contributed by atoms with E-state index in [0.29, 0.717) is 5.70 Å². The van der Waals surface area contributed by atoms with E-state index in [1.54, 1.807) is 0 Å². The molecule has 0 heterocycles. The number of rotatable bonds is 3. The molecule has 4 nitrogen and oxygen atoms in total. The summed E-state index contributed by atoms with van der Waals surface area (Å²) >= 11 is 0. The first-order valence-electron chi connectivity index (χ1n) is 7.10. The van der Waals surface area contributed by atoms with E-state index in [2.05, 4.69) is 30.4 Å². The molecule has 20 heavy (non-hydrogen) atoms. The maximum Gasteiger partial charge on any atom is 0.217 e. The van der Waals surface area contributed by atoms with Crippen LogP contribution in [0.1, 0.15) is 43.0 Å². The first-order chi connectivity index (χ1) is 9.45. The molecule has 1 aromatic rings. The van der Waals surface area contributed by atoms with E-state index in [4.69, 9.17) is 5.73 Å². The number of ketones is 1. The van der Waals surface area contributed by atoms with Crippen molar-refractivity contribution in [2.24, 2.45) is 5.73 Å². The third-order valence-corrected chi connectivity index (χ3v) is 4.46. The van der Waals surface area contributed by atoms with Crippen LogP contribution in [0.3, 0.4) is 0 Å². The van der Waals surface area contributed by atoms with Crippen LogP contribution in [0.25, 0.3) is 0 Å². The number of hydrogen-bond acceptors (Lipinski definition) is 4. The van der Waals surface area contributed by atoms with Gasteiger partial charge in [0.05, 0.1) is 11.7 Å². The first kappa shape index (κ1) is 13.2. The van der Waals surface area contributed by atoms with Crippen molar-refractivity contribution in [2.45, 2.75) is 44.8 Å². The Morgan fingerprint density at radius 3 is 2.90 bits per heavy atom. The molecule has 3 rings (SSSR count). The van der Waals surface area contributed by atoms with E-state index >= 15 is 0 Å². The number of nitrogens with one attached hydrogen (secondary N) is 1. The van der Waals surface area contributed by atoms with Gasteiger partial charge in [0.2, 0.25) is 5.78 Å². The van der Waals surface area contributed by atoms with E-state index in [1.165, 1.54) is 23.6 Å². The highest BCUT2D eigenvalue weighted by molar-refractivity contribution is 6.11. The topological polar surface area (TPSA) is 75.3 Å². The lowest BCUT2D eigenvalue weighted by atomic mass is 9.81. The van der Waals surface area contributed by atoms with E-state index in [-0.39, 0.29) is 17.5 Å². The number of benzene rings is 1. The summed E-state index contributed by atoms with van der Waals surface area (Å²) in [6.45, 7) is 3.63. The molecular weight excluding hydrogens is 252 g/mol. The van der Waals surface area contributed by atoms with E-state index in [9.17, 15) is 9.90 Å². The van der Waals surface area contributed by atoms with Crippen LogP contribution < -0.4 is 11.1 Å². The molecule has 4 N–H and O–H groups in total. The van der Waals surface area contributed by atoms with Crippen LogP contribution in [0, 0.1) is 0 Å². The van der Waals surface area contributed by atoms with Gasteiger partial charge in [-0.3, -0.25) is 4.79 Å². The second-order valence-corrected chi connectivity index (χ2v) is 5.81. The Kier molecular flexibility index (Phi) is 2.87. The number of carbonyl (C=O) groups is 1. The Bertz CT molecular complexity index is 617. The SMILES string of the molecule is CCc1ccc2c(c1)C(NC1=C(N)C(=O)C1(C)O)CC2. The van der Waals surface area contributed by atoms with Gasteiger partial charge in [-0.15, -0.1) is 0 Å². The minimum absolute atomic E-state index is 0.129. The predicted octanol–water partition coefficient (Wildman–Crippen LogP) is 1.33. The molecule has 0 amide bonds. The van der Waals surface area contributed by atoms with Gasteiger partial charge in [0, 0.05) is 0 Å². The third kappa shape index (κ3) is 1.75. The fraction of sp³-hybridized carbons (Fsp3) is 0.438. The van der Waals surface area contributed by atoms with Gasteiger partial charge in [-0.1, -0.05) is 25.1 Å². The van der Waals surface area contributed by atoms with Crippen LogP contribution in [0.15, 0.2) is 29.6 Å². The molecule has 0 saturated carbocycles. The van der Waals surface area contributed by atoms with E-state index in [1.807, 2.05) is 0 Å². The summed E-state index contributed by atoms with van der Waals surface area (Å²) in [5.74, 6) is -0.388. The van der Waals surface area contributed by atoms with Crippen LogP contribution in [0.5, 0.6) is 0 Å². The summed E-state index contributed by atoms with van der Waals surface area (Å²) in [5, 5.41) is 13.3. The fourth-order valence-corrected chi connectivity index (χ4v) is 3.10. The molecule has 0 spiro atoms. The molecule has 0 fully saturated rings. The van der Waals surface area contributed by atoms with Crippen molar-refractivity contribution in [1.82, 2.24) is 5.32 Å². The van der Waals surface area contributed by atoms with Crippen molar-refractivity contribution < 1.29 is 9.90 Å². The molecule has 0 bridgehead atoms. The molecule has 1 aromatic carbocycles. The van der Waals surface area contributed by atoms with Crippen LogP contribution in [0.2, 0.25) is 0 Å². The lowest BCUT2D eigenvalue weighted by molar-refractivity contribution is -0.133. The van der Waals surface area contributed by atoms with Crippen molar-refractivity contribution in [3.05, 3.63) is 46.3 Å². The monoisotopic (exact) mass is 272 g/mol. The van der Waals surface area contributed by atoms with Crippen molar-refractivity contribution in [1.29, 1.82) is 0 Å². The van der Waals surface area contributed by atoms with E-state index in [0.717, 1.165) is 19.3 Å². The lowest BCUT2D eigenvalue weighted by Crippen LogP contribution is -2.56. The van der Waals surface area contributed by atoms with Crippen LogP contribution in [-0.2, 0) is 17.6 Å². The van der Waals surface area contributed by atoms with Gasteiger partial charge in [-0.05, 0) is 42.9 Å². The van der Waals surface area contributed by atoms with Gasteiger partial charge in [0.25, 0.3) is 0 Å². The molecule has 2 aliphatic carbocycles. The average molecular weight is 272 g/mol. The Morgan fingerprint density at radius 2 is 2.25 bits per heavy atom. The average Bonchev–Trinajstić information content (AvgIpc) is 2.85. The Morgan fingerprint density at radius 1 is 1.50 bits per heavy atom. The Hall–Kier alpha value is -1.81. The van der Waals surface area contributed by atoms with Crippen LogP contribution in [0.4, 0.5) is 0 Å². The molecule has 0 aromatic heterocycles. The number of nitrogens with two attached hydrogens (primary N) is 1. The molecule has 2 unspecified atom stereocenters. The summed E-state index contributed by atoms with van der Waals surface area (Å²) in [4.78, 5) is 11.5. The standard InChI is InChI=1S/C16H20N2O2/c1-3-9-4-5-10-6-7-12(11(10)8-9)18-14-13(17)15(19)16(14,2)20/h4-5,8,12,18,20H,3,6-7,17H2,1-2H3. The summed E-state index contributed by atoms with van der Waals surface area (Å²) in [6.07, 6.45) is 2.98. The summed E-state index contributed by atoms with van der Waals surface area (Å²) in [6, 6.07) is 6.69. The number of fused-ring (bicyclic) bond motifs is 1. The quantitative estimate of drug-likeness (QED) is 0.776. The zero-order valence-electron chi connectivity index (χ0n) is 11.9. The van der Waals surface area contributed by atoms with E-state index < -0.39 is 5.60 Å². The Balaban J connectivity index is 1.88. The van der Waals surface area contributed by atoms with Crippen molar-refractivity contribution in [3.63, 3.8) is 0 Å². The van der Waals surface area contributed by atoms with Crippen molar-refractivity contribution in [3.8, 4) is 0 Å². The zero-order chi connectivity index (χ0) is 14.5. The number of aryl methyl sites for hydroxylation is 2. The molecule has 0 radical (unpaired) electrons. The minimum Gasteiger partial charge on any atom is -0.394 e. The van der Waals surface area contributed by atoms with Gasteiger partial charge >= 0.3 is 0 Å². The maximum atomic E-state index is 11.5. The minimum atomic E-state index is -1.45. The molecule has 4 heteroatoms. The molecular formula is C16H20N2O2. The second kappa shape index (κ2) is 4.35. The lowest BCUT2D eigenvalue weighted by Gasteiger charge is -2.37. The molecule has 2 aliphatic rings. The third-order valence-electron chi connectivity index (χ3n) is 4.46. The van der Waals surface area contributed by atoms with Gasteiger partial charge in [-0.2, -0.15) is 0 Å². The highest BCUT2D eigenvalue weighted by atomic mass is 16.3. The van der Waals surface area contributed by atoms with Crippen molar-refractivity contribution >= 4 is 5.78 Å². The second-order valence-electron chi connectivity index (χ2n) is 5.81. The molecule has 0 saturated heterocycles. The first-order valence-corrected chi connectivity index (χ1v) is 7.10. The molecule has 0 aliphatic heterocycles. The highest BCUT2D eigenvalue weighted by Crippen LogP contribution is 2.37. The van der Waals surface area contributed by atoms with Crippen molar-refractivity contribution in [2.75, 3.05) is 0 Å². The fourth-order valence-electron chi connectivity index (χ4n) is 3.10. The van der Waals surface area contributed by atoms with Gasteiger partial charge < -0.3 is 16.2 Å². The summed E-state index contributed by atoms with van der Waals surface area (Å²) in [7, 11) is 0. The normalized spacial score (nSPS) is 28.4. The molecule has 106 valence electrons. The number of carbonyl (C=O) groups excluding carboxylic acids is 1. The number of aliphatic hydroxyl groups is 1. The highest BCUT2D eigenvalue weighted by Gasteiger charge is 2.49. The smallest absolute Gasteiger partial charge is 0.217 e. The maximum absolute atomic E-state index is 11.5. The number of hydrogen-bond donors (Lipinski definition) is 3. The van der Waals surface area contributed by atoms with Crippen LogP contribution >= 0.6 is 0 Å². The van der Waals surface area contributed by atoms with Gasteiger partial charge in [-0.25, -0.2) is 0 Å². The number of Topliss-reactive ketones (excluding diaryl/α,β-unsaturated/α-hetero) is 1. The predicted molar refractivity (Wildman–Crippen MR) is 76.9 cm³/mol. The van der Waals surface area contributed by atoms with Crippen LogP contribution in [-0.4, -0.2) is 16.5 Å². The Labute approximate surface area is 118 Å². The summed E-state index contributed by atoms with van der Waals surface area (Å²) < 4.78 is 0.